The Morgan fingerprint density at radius 3 is 2.83 bits per heavy atom. The molecule has 2 N–H and O–H groups in total. The molecule has 5 heteroatoms. The molecule has 1 heterocycles. The van der Waals surface area contributed by atoms with Gasteiger partial charge in [0.2, 0.25) is 0 Å². The first kappa shape index (κ1) is 16.2. The van der Waals surface area contributed by atoms with Crippen molar-refractivity contribution in [3.8, 4) is 5.75 Å². The molecule has 2 amide bonds. The summed E-state index contributed by atoms with van der Waals surface area (Å²) in [4.78, 5) is 14.4. The average Bonchev–Trinajstić information content (AvgIpc) is 3.02. The highest BCUT2D eigenvalue weighted by Gasteiger charge is 2.17. The monoisotopic (exact) mass is 325 g/mol. The lowest BCUT2D eigenvalue weighted by Gasteiger charge is -2.19. The zero-order valence-electron chi connectivity index (χ0n) is 13.9. The molecular weight excluding hydrogens is 302 g/mol. The Hall–Kier alpha value is -2.69. The predicted octanol–water partition coefficient (Wildman–Crippen LogP) is 3.27. The van der Waals surface area contributed by atoms with Crippen molar-refractivity contribution < 1.29 is 9.53 Å². The molecule has 3 rings (SSSR count). The molecule has 0 fully saturated rings. The molecule has 0 bridgehead atoms. The Bertz CT molecular complexity index is 703. The summed E-state index contributed by atoms with van der Waals surface area (Å²) in [5.74, 6) is 0.654. The van der Waals surface area contributed by atoms with Crippen molar-refractivity contribution in [2.75, 3.05) is 37.0 Å². The zero-order valence-corrected chi connectivity index (χ0v) is 13.9. The molecule has 0 atom stereocenters. The van der Waals surface area contributed by atoms with Gasteiger partial charge in [0.25, 0.3) is 0 Å². The fourth-order valence-corrected chi connectivity index (χ4v) is 3.03. The third kappa shape index (κ3) is 3.79. The van der Waals surface area contributed by atoms with Gasteiger partial charge >= 0.3 is 6.03 Å². The standard InChI is InChI=1S/C19H23N3O2/c1-24-18-10-5-3-8-16(18)21-19(23)20-12-6-13-22-14-11-15-7-2-4-9-17(15)22/h2-5,7-10H,6,11-14H2,1H3,(H2,20,21,23). The molecule has 1 aliphatic rings. The second-order valence-electron chi connectivity index (χ2n) is 5.80. The van der Waals surface area contributed by atoms with E-state index in [0.29, 0.717) is 18.0 Å². The van der Waals surface area contributed by atoms with Gasteiger partial charge in [-0.1, -0.05) is 30.3 Å². The number of rotatable bonds is 6. The average molecular weight is 325 g/mol. The van der Waals surface area contributed by atoms with Gasteiger partial charge in [0.1, 0.15) is 5.75 Å². The number of ether oxygens (including phenoxy) is 1. The summed E-state index contributed by atoms with van der Waals surface area (Å²) >= 11 is 0. The predicted molar refractivity (Wildman–Crippen MR) is 97.0 cm³/mol. The van der Waals surface area contributed by atoms with Gasteiger partial charge in [0.15, 0.2) is 0 Å². The molecule has 0 aromatic heterocycles. The molecule has 0 spiro atoms. The molecule has 0 unspecified atom stereocenters. The van der Waals surface area contributed by atoms with Gasteiger partial charge in [-0.2, -0.15) is 0 Å². The van der Waals surface area contributed by atoms with Crippen LogP contribution in [0.2, 0.25) is 0 Å². The van der Waals surface area contributed by atoms with Crippen LogP contribution in [0.25, 0.3) is 0 Å². The van der Waals surface area contributed by atoms with Crippen LogP contribution in [0.1, 0.15) is 12.0 Å². The summed E-state index contributed by atoms with van der Waals surface area (Å²) in [5, 5.41) is 5.71. The van der Waals surface area contributed by atoms with Gasteiger partial charge < -0.3 is 20.3 Å². The first-order chi connectivity index (χ1) is 11.8. The van der Waals surface area contributed by atoms with Gasteiger partial charge in [0.05, 0.1) is 12.8 Å². The summed E-state index contributed by atoms with van der Waals surface area (Å²) in [6.45, 7) is 2.65. The van der Waals surface area contributed by atoms with E-state index >= 15 is 0 Å². The molecule has 126 valence electrons. The number of hydrogen-bond donors (Lipinski definition) is 2. The highest BCUT2D eigenvalue weighted by molar-refractivity contribution is 5.90. The highest BCUT2D eigenvalue weighted by Crippen LogP contribution is 2.27. The zero-order chi connectivity index (χ0) is 16.8. The summed E-state index contributed by atoms with van der Waals surface area (Å²) in [7, 11) is 1.59. The van der Waals surface area contributed by atoms with Crippen LogP contribution in [-0.4, -0.2) is 32.8 Å². The van der Waals surface area contributed by atoms with Crippen molar-refractivity contribution in [3.63, 3.8) is 0 Å². The van der Waals surface area contributed by atoms with Gasteiger partial charge in [-0.15, -0.1) is 0 Å². The fraction of sp³-hybridized carbons (Fsp3) is 0.316. The largest absolute Gasteiger partial charge is 0.495 e. The molecule has 0 saturated carbocycles. The highest BCUT2D eigenvalue weighted by atomic mass is 16.5. The maximum absolute atomic E-state index is 12.0. The molecule has 1 aliphatic heterocycles. The molecule has 0 aliphatic carbocycles. The number of nitrogens with zero attached hydrogens (tertiary/aromatic N) is 1. The third-order valence-corrected chi connectivity index (χ3v) is 4.23. The van der Waals surface area contributed by atoms with Crippen LogP contribution in [0.3, 0.4) is 0 Å². The van der Waals surface area contributed by atoms with Crippen LogP contribution in [0, 0.1) is 0 Å². The Labute approximate surface area is 142 Å². The maximum atomic E-state index is 12.0. The number of hydrogen-bond acceptors (Lipinski definition) is 3. The molecule has 5 nitrogen and oxygen atoms in total. The van der Waals surface area contributed by atoms with E-state index in [1.54, 1.807) is 7.11 Å². The summed E-state index contributed by atoms with van der Waals surface area (Å²) in [6.07, 6.45) is 2.02. The second-order valence-corrected chi connectivity index (χ2v) is 5.80. The SMILES string of the molecule is COc1ccccc1NC(=O)NCCCN1CCc2ccccc21. The van der Waals surface area contributed by atoms with Gasteiger partial charge in [-0.05, 0) is 36.6 Å². The van der Waals surface area contributed by atoms with Crippen LogP contribution in [0.15, 0.2) is 48.5 Å². The van der Waals surface area contributed by atoms with E-state index in [9.17, 15) is 4.79 Å². The number of carbonyl (C=O) groups is 1. The van der Waals surface area contributed by atoms with Crippen LogP contribution in [0.5, 0.6) is 5.75 Å². The lowest BCUT2D eigenvalue weighted by atomic mass is 10.2. The quantitative estimate of drug-likeness (QED) is 0.802. The van der Waals surface area contributed by atoms with Crippen molar-refractivity contribution in [2.24, 2.45) is 0 Å². The number of benzene rings is 2. The minimum Gasteiger partial charge on any atom is -0.495 e. The number of nitrogens with one attached hydrogen (secondary N) is 2. The summed E-state index contributed by atoms with van der Waals surface area (Å²) < 4.78 is 5.22. The van der Waals surface area contributed by atoms with E-state index in [2.05, 4.69) is 39.8 Å². The Morgan fingerprint density at radius 1 is 1.17 bits per heavy atom. The minimum atomic E-state index is -0.207. The number of fused-ring (bicyclic) bond motifs is 1. The second kappa shape index (κ2) is 7.73. The van der Waals surface area contributed by atoms with Crippen LogP contribution >= 0.6 is 0 Å². The third-order valence-electron chi connectivity index (χ3n) is 4.23. The summed E-state index contributed by atoms with van der Waals surface area (Å²) in [6, 6.07) is 15.7. The number of amides is 2. The molecule has 0 saturated heterocycles. The number of carbonyl (C=O) groups excluding carboxylic acids is 1. The lowest BCUT2D eigenvalue weighted by molar-refractivity contribution is 0.252. The first-order valence-electron chi connectivity index (χ1n) is 8.28. The topological polar surface area (TPSA) is 53.6 Å². The van der Waals surface area contributed by atoms with Crippen molar-refractivity contribution >= 4 is 17.4 Å². The van der Waals surface area contributed by atoms with E-state index in [4.69, 9.17) is 4.74 Å². The Kier molecular flexibility index (Phi) is 5.21. The van der Waals surface area contributed by atoms with Crippen molar-refractivity contribution in [1.82, 2.24) is 5.32 Å². The van der Waals surface area contributed by atoms with E-state index in [1.807, 2.05) is 24.3 Å². The van der Waals surface area contributed by atoms with Crippen LogP contribution < -0.4 is 20.3 Å². The van der Waals surface area contributed by atoms with Gasteiger partial charge in [0, 0.05) is 25.3 Å². The minimum absolute atomic E-state index is 0.207. The van der Waals surface area contributed by atoms with Gasteiger partial charge in [-0.3, -0.25) is 0 Å². The van der Waals surface area contributed by atoms with E-state index in [0.717, 1.165) is 25.9 Å². The Balaban J connectivity index is 1.42. The molecule has 2 aromatic rings. The fourth-order valence-electron chi connectivity index (χ4n) is 3.03. The van der Waals surface area contributed by atoms with E-state index in [-0.39, 0.29) is 6.03 Å². The van der Waals surface area contributed by atoms with Crippen molar-refractivity contribution in [1.29, 1.82) is 0 Å². The number of urea groups is 1. The molecule has 24 heavy (non-hydrogen) atoms. The number of anilines is 2. The van der Waals surface area contributed by atoms with Gasteiger partial charge in [-0.25, -0.2) is 4.79 Å². The van der Waals surface area contributed by atoms with Crippen molar-refractivity contribution in [3.05, 3.63) is 54.1 Å². The maximum Gasteiger partial charge on any atom is 0.319 e. The van der Waals surface area contributed by atoms with Crippen molar-refractivity contribution in [2.45, 2.75) is 12.8 Å². The Morgan fingerprint density at radius 2 is 1.96 bits per heavy atom. The molecule has 2 aromatic carbocycles. The summed E-state index contributed by atoms with van der Waals surface area (Å²) in [5.41, 5.74) is 3.42. The van der Waals surface area contributed by atoms with E-state index < -0.39 is 0 Å². The number of para-hydroxylation sites is 3. The van der Waals surface area contributed by atoms with Crippen LogP contribution in [-0.2, 0) is 6.42 Å². The van der Waals surface area contributed by atoms with E-state index in [1.165, 1.54) is 11.3 Å². The molecular formula is C19H23N3O2. The number of methoxy groups -OCH3 is 1. The normalized spacial score (nSPS) is 12.6. The smallest absolute Gasteiger partial charge is 0.319 e. The first-order valence-corrected chi connectivity index (χ1v) is 8.28. The lowest BCUT2D eigenvalue weighted by Crippen LogP contribution is -2.32. The van der Waals surface area contributed by atoms with Crippen LogP contribution in [0.4, 0.5) is 16.2 Å². The molecule has 0 radical (unpaired) electrons.